The Labute approximate surface area is 139 Å². The Hall–Kier alpha value is -2.33. The molecule has 0 amide bonds. The predicted molar refractivity (Wildman–Crippen MR) is 91.6 cm³/mol. The first-order chi connectivity index (χ1) is 11.1. The van der Waals surface area contributed by atoms with Crippen LogP contribution in [0.1, 0.15) is 30.8 Å². The lowest BCUT2D eigenvalue weighted by Gasteiger charge is -2.21. The SMILES string of the molecule is CC1=Nc2c(-c3ccc(Cl)cc3)c(C)nn2C(c2ccco2)C1. The first-order valence-electron chi connectivity index (χ1n) is 7.56. The summed E-state index contributed by atoms with van der Waals surface area (Å²) in [6.45, 7) is 4.06. The van der Waals surface area contributed by atoms with Crippen molar-refractivity contribution in [2.45, 2.75) is 26.3 Å². The van der Waals surface area contributed by atoms with Crippen LogP contribution in [-0.4, -0.2) is 15.5 Å². The molecule has 4 nitrogen and oxygen atoms in total. The van der Waals surface area contributed by atoms with E-state index in [1.807, 2.05) is 54.9 Å². The summed E-state index contributed by atoms with van der Waals surface area (Å²) in [6.07, 6.45) is 2.51. The predicted octanol–water partition coefficient (Wildman–Crippen LogP) is 5.19. The van der Waals surface area contributed by atoms with Crippen LogP contribution in [0.25, 0.3) is 11.1 Å². The second-order valence-corrected chi connectivity index (χ2v) is 6.25. The maximum absolute atomic E-state index is 6.01. The third kappa shape index (κ3) is 2.39. The molecule has 0 N–H and O–H groups in total. The van der Waals surface area contributed by atoms with E-state index in [0.717, 1.165) is 45.6 Å². The van der Waals surface area contributed by atoms with Crippen molar-refractivity contribution in [2.24, 2.45) is 4.99 Å². The van der Waals surface area contributed by atoms with Gasteiger partial charge in [0.15, 0.2) is 5.82 Å². The second kappa shape index (κ2) is 5.39. The van der Waals surface area contributed by atoms with E-state index in [1.165, 1.54) is 0 Å². The standard InChI is InChI=1S/C18H16ClN3O/c1-11-10-15(16-4-3-9-23-16)22-18(20-11)17(12(2)21-22)13-5-7-14(19)8-6-13/h3-9,15H,10H2,1-2H3. The number of aliphatic imine (C=N–C) groups is 1. The fourth-order valence-electron chi connectivity index (χ4n) is 3.11. The van der Waals surface area contributed by atoms with Gasteiger partial charge in [-0.15, -0.1) is 0 Å². The Kier molecular flexibility index (Phi) is 3.34. The third-order valence-corrected chi connectivity index (χ3v) is 4.40. The quantitative estimate of drug-likeness (QED) is 0.650. The molecular weight excluding hydrogens is 310 g/mol. The van der Waals surface area contributed by atoms with Crippen molar-refractivity contribution in [1.29, 1.82) is 0 Å². The highest BCUT2D eigenvalue weighted by Crippen LogP contribution is 2.41. The largest absolute Gasteiger partial charge is 0.467 e. The Morgan fingerprint density at radius 2 is 1.96 bits per heavy atom. The van der Waals surface area contributed by atoms with E-state index in [9.17, 15) is 0 Å². The van der Waals surface area contributed by atoms with Crippen LogP contribution in [0.4, 0.5) is 5.82 Å². The molecule has 0 saturated carbocycles. The highest BCUT2D eigenvalue weighted by Gasteiger charge is 2.29. The topological polar surface area (TPSA) is 43.3 Å². The molecule has 5 heteroatoms. The van der Waals surface area contributed by atoms with Gasteiger partial charge >= 0.3 is 0 Å². The van der Waals surface area contributed by atoms with Crippen molar-refractivity contribution in [2.75, 3.05) is 0 Å². The molecule has 0 aliphatic carbocycles. The minimum Gasteiger partial charge on any atom is -0.467 e. The number of fused-ring (bicyclic) bond motifs is 1. The molecule has 4 rings (SSSR count). The third-order valence-electron chi connectivity index (χ3n) is 4.15. The highest BCUT2D eigenvalue weighted by molar-refractivity contribution is 6.30. The monoisotopic (exact) mass is 325 g/mol. The van der Waals surface area contributed by atoms with Gasteiger partial charge in [-0.3, -0.25) is 0 Å². The van der Waals surface area contributed by atoms with Crippen LogP contribution in [-0.2, 0) is 0 Å². The zero-order chi connectivity index (χ0) is 16.0. The van der Waals surface area contributed by atoms with Crippen molar-refractivity contribution in [3.63, 3.8) is 0 Å². The van der Waals surface area contributed by atoms with Crippen LogP contribution < -0.4 is 0 Å². The molecule has 1 unspecified atom stereocenters. The smallest absolute Gasteiger partial charge is 0.159 e. The molecule has 1 aromatic carbocycles. The van der Waals surface area contributed by atoms with Crippen molar-refractivity contribution in [3.8, 4) is 11.1 Å². The van der Waals surface area contributed by atoms with Gasteiger partial charge in [0, 0.05) is 22.7 Å². The van der Waals surface area contributed by atoms with Crippen molar-refractivity contribution >= 4 is 23.1 Å². The number of benzene rings is 1. The number of hydrogen-bond acceptors (Lipinski definition) is 3. The lowest BCUT2D eigenvalue weighted by molar-refractivity contribution is 0.409. The van der Waals surface area contributed by atoms with Crippen LogP contribution in [0.15, 0.2) is 52.1 Å². The summed E-state index contributed by atoms with van der Waals surface area (Å²) in [5.74, 6) is 1.79. The summed E-state index contributed by atoms with van der Waals surface area (Å²) in [4.78, 5) is 4.77. The molecule has 116 valence electrons. The van der Waals surface area contributed by atoms with Crippen LogP contribution in [0.5, 0.6) is 0 Å². The van der Waals surface area contributed by atoms with Gasteiger partial charge in [0.05, 0.1) is 12.0 Å². The van der Waals surface area contributed by atoms with Gasteiger partial charge in [-0.2, -0.15) is 5.10 Å². The summed E-state index contributed by atoms with van der Waals surface area (Å²) < 4.78 is 7.59. The van der Waals surface area contributed by atoms with Crippen LogP contribution in [0.3, 0.4) is 0 Å². The molecule has 0 bridgehead atoms. The molecule has 1 aliphatic heterocycles. The van der Waals surface area contributed by atoms with E-state index >= 15 is 0 Å². The number of aryl methyl sites for hydroxylation is 1. The summed E-state index contributed by atoms with van der Waals surface area (Å²) in [5, 5.41) is 5.46. The molecule has 0 fully saturated rings. The minimum atomic E-state index is 0.0530. The molecule has 1 aliphatic rings. The fourth-order valence-corrected chi connectivity index (χ4v) is 3.23. The Morgan fingerprint density at radius 1 is 1.17 bits per heavy atom. The number of furan rings is 1. The van der Waals surface area contributed by atoms with Crippen LogP contribution in [0, 0.1) is 6.92 Å². The first kappa shape index (κ1) is 14.3. The maximum Gasteiger partial charge on any atom is 0.159 e. The zero-order valence-electron chi connectivity index (χ0n) is 13.0. The Morgan fingerprint density at radius 3 is 2.65 bits per heavy atom. The molecule has 3 aromatic rings. The molecular formula is C18H16ClN3O. The number of aromatic nitrogens is 2. The number of halogens is 1. The molecule has 2 aromatic heterocycles. The lowest BCUT2D eigenvalue weighted by Crippen LogP contribution is -2.18. The van der Waals surface area contributed by atoms with Gasteiger partial charge in [-0.25, -0.2) is 9.67 Å². The minimum absolute atomic E-state index is 0.0530. The number of nitrogens with zero attached hydrogens (tertiary/aromatic N) is 3. The van der Waals surface area contributed by atoms with Gasteiger partial charge < -0.3 is 4.42 Å². The average molecular weight is 326 g/mol. The van der Waals surface area contributed by atoms with Gasteiger partial charge in [0.25, 0.3) is 0 Å². The van der Waals surface area contributed by atoms with Crippen molar-refractivity contribution in [3.05, 3.63) is 59.1 Å². The average Bonchev–Trinajstić information content (AvgIpc) is 3.15. The molecule has 0 radical (unpaired) electrons. The van der Waals surface area contributed by atoms with E-state index in [0.29, 0.717) is 0 Å². The van der Waals surface area contributed by atoms with E-state index in [-0.39, 0.29) is 6.04 Å². The number of hydrogen-bond donors (Lipinski definition) is 0. The van der Waals surface area contributed by atoms with Crippen LogP contribution in [0.2, 0.25) is 5.02 Å². The zero-order valence-corrected chi connectivity index (χ0v) is 13.7. The van der Waals surface area contributed by atoms with E-state index < -0.39 is 0 Å². The Balaban J connectivity index is 1.90. The molecule has 0 spiro atoms. The number of rotatable bonds is 2. The maximum atomic E-state index is 6.01. The second-order valence-electron chi connectivity index (χ2n) is 5.82. The van der Waals surface area contributed by atoms with Gasteiger partial charge in [-0.05, 0) is 43.7 Å². The fraction of sp³-hybridized carbons (Fsp3) is 0.222. The summed E-state index contributed by atoms with van der Waals surface area (Å²) in [6, 6.07) is 11.8. The van der Waals surface area contributed by atoms with E-state index in [2.05, 4.69) is 0 Å². The first-order valence-corrected chi connectivity index (χ1v) is 7.94. The van der Waals surface area contributed by atoms with Crippen molar-refractivity contribution in [1.82, 2.24) is 9.78 Å². The highest BCUT2D eigenvalue weighted by atomic mass is 35.5. The van der Waals surface area contributed by atoms with Gasteiger partial charge in [0.1, 0.15) is 11.8 Å². The molecule has 3 heterocycles. The van der Waals surface area contributed by atoms with Gasteiger partial charge in [0.2, 0.25) is 0 Å². The van der Waals surface area contributed by atoms with Gasteiger partial charge in [-0.1, -0.05) is 23.7 Å². The normalized spacial score (nSPS) is 17.0. The molecule has 23 heavy (non-hydrogen) atoms. The molecule has 0 saturated heterocycles. The summed E-state index contributed by atoms with van der Waals surface area (Å²) >= 11 is 6.01. The lowest BCUT2D eigenvalue weighted by atomic mass is 10.0. The van der Waals surface area contributed by atoms with E-state index in [1.54, 1.807) is 6.26 Å². The van der Waals surface area contributed by atoms with Crippen molar-refractivity contribution < 1.29 is 4.42 Å². The summed E-state index contributed by atoms with van der Waals surface area (Å²) in [5.41, 5.74) is 4.16. The van der Waals surface area contributed by atoms with Crippen LogP contribution >= 0.6 is 11.6 Å². The Bertz CT molecular complexity index is 876. The van der Waals surface area contributed by atoms with E-state index in [4.69, 9.17) is 26.1 Å². The summed E-state index contributed by atoms with van der Waals surface area (Å²) in [7, 11) is 0. The molecule has 1 atom stereocenters.